The average Bonchev–Trinajstić information content (AvgIpc) is 2.76. The van der Waals surface area contributed by atoms with Crippen molar-refractivity contribution in [1.82, 2.24) is 20.1 Å². The first-order valence-electron chi connectivity index (χ1n) is 5.50. The van der Waals surface area contributed by atoms with E-state index in [4.69, 9.17) is 5.11 Å². The van der Waals surface area contributed by atoms with E-state index in [0.717, 1.165) is 5.56 Å². The Hall–Kier alpha value is -2.37. The van der Waals surface area contributed by atoms with Crippen LogP contribution in [0.4, 0.5) is 0 Å². The van der Waals surface area contributed by atoms with Crippen molar-refractivity contribution in [3.05, 3.63) is 42.0 Å². The maximum Gasteiger partial charge on any atom is 0.270 e. The zero-order valence-corrected chi connectivity index (χ0v) is 10.2. The van der Waals surface area contributed by atoms with Gasteiger partial charge in [-0.1, -0.05) is 0 Å². The van der Waals surface area contributed by atoms with Gasteiger partial charge in [0, 0.05) is 18.8 Å². The van der Waals surface area contributed by atoms with Gasteiger partial charge in [-0.3, -0.25) is 9.48 Å². The van der Waals surface area contributed by atoms with Crippen molar-refractivity contribution in [1.29, 1.82) is 0 Å². The maximum absolute atomic E-state index is 11.9. The molecule has 2 heterocycles. The van der Waals surface area contributed by atoms with Crippen LogP contribution < -0.4 is 5.32 Å². The zero-order chi connectivity index (χ0) is 13.1. The van der Waals surface area contributed by atoms with Crippen LogP contribution in [0.15, 0.2) is 30.7 Å². The van der Waals surface area contributed by atoms with E-state index >= 15 is 0 Å². The third kappa shape index (κ3) is 2.65. The number of aromatic nitrogens is 3. The van der Waals surface area contributed by atoms with Crippen molar-refractivity contribution in [3.63, 3.8) is 0 Å². The highest BCUT2D eigenvalue weighted by Gasteiger charge is 2.13. The summed E-state index contributed by atoms with van der Waals surface area (Å²) in [5.74, 6) is -0.252. The third-order valence-corrected chi connectivity index (χ3v) is 2.55. The summed E-state index contributed by atoms with van der Waals surface area (Å²) in [7, 11) is 1.82. The molecule has 2 aromatic heterocycles. The largest absolute Gasteiger partial charge is 0.506 e. The van der Waals surface area contributed by atoms with Gasteiger partial charge < -0.3 is 10.4 Å². The number of hydrogen-bond donors (Lipinski definition) is 2. The molecule has 94 valence electrons. The highest BCUT2D eigenvalue weighted by atomic mass is 16.3. The lowest BCUT2D eigenvalue weighted by Crippen LogP contribution is -2.27. The van der Waals surface area contributed by atoms with Gasteiger partial charge in [-0.15, -0.1) is 0 Å². The van der Waals surface area contributed by atoms with Crippen molar-refractivity contribution in [2.24, 2.45) is 7.05 Å². The molecule has 0 aliphatic carbocycles. The lowest BCUT2D eigenvalue weighted by Gasteiger charge is -2.11. The second-order valence-electron chi connectivity index (χ2n) is 4.04. The lowest BCUT2D eigenvalue weighted by atomic mass is 10.2. The molecule has 0 aromatic carbocycles. The SMILES string of the molecule is C[C@H](NC(=O)c1ccc(O)cn1)c1cnn(C)c1. The molecule has 0 saturated carbocycles. The number of rotatable bonds is 3. The van der Waals surface area contributed by atoms with E-state index in [1.807, 2.05) is 20.2 Å². The lowest BCUT2D eigenvalue weighted by molar-refractivity contribution is 0.0935. The Kier molecular flexibility index (Phi) is 3.27. The molecule has 1 atom stereocenters. The zero-order valence-electron chi connectivity index (χ0n) is 10.2. The minimum atomic E-state index is -0.286. The van der Waals surface area contributed by atoms with E-state index in [2.05, 4.69) is 15.4 Å². The normalized spacial score (nSPS) is 12.1. The van der Waals surface area contributed by atoms with Gasteiger partial charge in [-0.25, -0.2) is 4.98 Å². The van der Waals surface area contributed by atoms with Crippen molar-refractivity contribution in [2.75, 3.05) is 0 Å². The number of amides is 1. The molecule has 6 nitrogen and oxygen atoms in total. The molecular weight excluding hydrogens is 232 g/mol. The van der Waals surface area contributed by atoms with Gasteiger partial charge in [0.15, 0.2) is 0 Å². The quantitative estimate of drug-likeness (QED) is 0.847. The molecule has 2 N–H and O–H groups in total. The van der Waals surface area contributed by atoms with Crippen LogP contribution >= 0.6 is 0 Å². The molecule has 0 spiro atoms. The van der Waals surface area contributed by atoms with Gasteiger partial charge in [-0.05, 0) is 19.1 Å². The summed E-state index contributed by atoms with van der Waals surface area (Å²) >= 11 is 0. The Morgan fingerprint density at radius 1 is 1.44 bits per heavy atom. The Morgan fingerprint density at radius 2 is 2.22 bits per heavy atom. The second kappa shape index (κ2) is 4.87. The molecule has 0 unspecified atom stereocenters. The van der Waals surface area contributed by atoms with E-state index in [1.54, 1.807) is 10.9 Å². The Balaban J connectivity index is 2.05. The van der Waals surface area contributed by atoms with Gasteiger partial charge in [0.25, 0.3) is 5.91 Å². The number of pyridine rings is 1. The summed E-state index contributed by atoms with van der Waals surface area (Å²) in [6, 6.07) is 2.75. The Morgan fingerprint density at radius 3 is 2.78 bits per heavy atom. The van der Waals surface area contributed by atoms with Crippen LogP contribution in [0, 0.1) is 0 Å². The first-order valence-corrected chi connectivity index (χ1v) is 5.50. The minimum Gasteiger partial charge on any atom is -0.506 e. The second-order valence-corrected chi connectivity index (χ2v) is 4.04. The average molecular weight is 246 g/mol. The Bertz CT molecular complexity index is 547. The van der Waals surface area contributed by atoms with Crippen LogP contribution in [0.1, 0.15) is 29.0 Å². The first-order chi connectivity index (χ1) is 8.56. The third-order valence-electron chi connectivity index (χ3n) is 2.55. The van der Waals surface area contributed by atoms with E-state index < -0.39 is 0 Å². The first kappa shape index (κ1) is 12.1. The van der Waals surface area contributed by atoms with Gasteiger partial charge >= 0.3 is 0 Å². The van der Waals surface area contributed by atoms with Crippen LogP contribution in [-0.2, 0) is 7.05 Å². The number of carbonyl (C=O) groups excluding carboxylic acids is 1. The van der Waals surface area contributed by atoms with Crippen molar-refractivity contribution >= 4 is 5.91 Å². The predicted molar refractivity (Wildman–Crippen MR) is 65.0 cm³/mol. The highest BCUT2D eigenvalue weighted by Crippen LogP contribution is 2.12. The van der Waals surface area contributed by atoms with Crippen molar-refractivity contribution in [3.8, 4) is 5.75 Å². The standard InChI is InChI=1S/C12H14N4O2/c1-8(9-5-14-16(2)7-9)15-12(18)11-4-3-10(17)6-13-11/h3-8,17H,1-2H3,(H,15,18)/t8-/m0/s1. The molecule has 0 saturated heterocycles. The summed E-state index contributed by atoms with van der Waals surface area (Å²) in [6.45, 7) is 1.87. The van der Waals surface area contributed by atoms with Crippen LogP contribution in [0.2, 0.25) is 0 Å². The summed E-state index contributed by atoms with van der Waals surface area (Å²) in [4.78, 5) is 15.7. The fourth-order valence-corrected chi connectivity index (χ4v) is 1.54. The molecule has 0 aliphatic heterocycles. The molecule has 0 fully saturated rings. The van der Waals surface area contributed by atoms with Crippen molar-refractivity contribution < 1.29 is 9.90 Å². The number of carbonyl (C=O) groups is 1. The van der Waals surface area contributed by atoms with Crippen LogP contribution in [0.5, 0.6) is 5.75 Å². The summed E-state index contributed by atoms with van der Waals surface area (Å²) in [5.41, 5.74) is 1.19. The molecule has 2 rings (SSSR count). The van der Waals surface area contributed by atoms with E-state index in [1.165, 1.54) is 18.3 Å². The summed E-state index contributed by atoms with van der Waals surface area (Å²) < 4.78 is 1.68. The maximum atomic E-state index is 11.9. The van der Waals surface area contributed by atoms with Gasteiger partial charge in [-0.2, -0.15) is 5.10 Å². The number of aryl methyl sites for hydroxylation is 1. The van der Waals surface area contributed by atoms with Gasteiger partial charge in [0.05, 0.1) is 18.4 Å². The minimum absolute atomic E-state index is 0.0341. The van der Waals surface area contributed by atoms with Gasteiger partial charge in [0.2, 0.25) is 0 Å². The van der Waals surface area contributed by atoms with Crippen molar-refractivity contribution in [2.45, 2.75) is 13.0 Å². The van der Waals surface area contributed by atoms with Gasteiger partial charge in [0.1, 0.15) is 11.4 Å². The highest BCUT2D eigenvalue weighted by molar-refractivity contribution is 5.92. The van der Waals surface area contributed by atoms with E-state index in [0.29, 0.717) is 0 Å². The molecule has 2 aromatic rings. The van der Waals surface area contributed by atoms with Crippen LogP contribution in [-0.4, -0.2) is 25.8 Å². The fourth-order valence-electron chi connectivity index (χ4n) is 1.54. The predicted octanol–water partition coefficient (Wildman–Crippen LogP) is 1.01. The summed E-state index contributed by atoms with van der Waals surface area (Å²) in [6.07, 6.45) is 4.79. The van der Waals surface area contributed by atoms with E-state index in [9.17, 15) is 4.79 Å². The van der Waals surface area contributed by atoms with Crippen LogP contribution in [0.25, 0.3) is 0 Å². The Labute approximate surface area is 104 Å². The monoisotopic (exact) mass is 246 g/mol. The smallest absolute Gasteiger partial charge is 0.270 e. The molecule has 0 bridgehead atoms. The summed E-state index contributed by atoms with van der Waals surface area (Å²) in [5, 5.41) is 16.0. The van der Waals surface area contributed by atoms with Crippen LogP contribution in [0.3, 0.4) is 0 Å². The molecular formula is C12H14N4O2. The number of hydrogen-bond acceptors (Lipinski definition) is 4. The molecule has 0 aliphatic rings. The molecule has 1 amide bonds. The number of nitrogens with one attached hydrogen (secondary N) is 1. The van der Waals surface area contributed by atoms with E-state index in [-0.39, 0.29) is 23.4 Å². The molecule has 0 radical (unpaired) electrons. The topological polar surface area (TPSA) is 80.0 Å². The molecule has 6 heteroatoms. The molecule has 18 heavy (non-hydrogen) atoms. The number of nitrogens with zero attached hydrogens (tertiary/aromatic N) is 3. The fraction of sp³-hybridized carbons (Fsp3) is 0.250. The number of aromatic hydroxyl groups is 1.